The molecule has 0 heterocycles. The van der Waals surface area contributed by atoms with Gasteiger partial charge in [0, 0.05) is 6.54 Å². The van der Waals surface area contributed by atoms with E-state index >= 15 is 0 Å². The lowest BCUT2D eigenvalue weighted by atomic mass is 10.6. The first-order valence-corrected chi connectivity index (χ1v) is 2.87. The normalized spacial score (nSPS) is 9.62. The molecule has 0 saturated carbocycles. The van der Waals surface area contributed by atoms with Crippen LogP contribution in [0.3, 0.4) is 0 Å². The summed E-state index contributed by atoms with van der Waals surface area (Å²) in [6.45, 7) is 2.91. The van der Waals surface area contributed by atoms with Crippen LogP contribution in [0.2, 0.25) is 0 Å². The van der Waals surface area contributed by atoms with Crippen molar-refractivity contribution in [3.63, 3.8) is 0 Å². The van der Waals surface area contributed by atoms with Gasteiger partial charge in [-0.3, -0.25) is 0 Å². The van der Waals surface area contributed by atoms with E-state index in [1.165, 1.54) is 0 Å². The fourth-order valence-corrected chi connectivity index (χ4v) is 0.327. The Morgan fingerprint density at radius 3 is 2.88 bits per heavy atom. The van der Waals surface area contributed by atoms with E-state index in [4.69, 9.17) is 5.73 Å². The van der Waals surface area contributed by atoms with Crippen molar-refractivity contribution in [3.05, 3.63) is 12.3 Å². The summed E-state index contributed by atoms with van der Waals surface area (Å²) in [6, 6.07) is 0. The average Bonchev–Trinajstić information content (AvgIpc) is 1.66. The number of hydrogen-bond donors (Lipinski definition) is 2. The van der Waals surface area contributed by atoms with Gasteiger partial charge in [0.1, 0.15) is 0 Å². The maximum Gasteiger partial charge on any atom is 0.0976 e. The van der Waals surface area contributed by atoms with E-state index in [-0.39, 0.29) is 0 Å². The number of nitrogens with two attached hydrogens (primary N) is 1. The Balaban J connectivity index is 3.20. The highest BCUT2D eigenvalue weighted by atomic mass is 32.1. The van der Waals surface area contributed by atoms with E-state index in [2.05, 4.69) is 17.5 Å². The number of nitrogens with one attached hydrogen (secondary N) is 1. The lowest BCUT2D eigenvalue weighted by Crippen LogP contribution is -2.07. The molecule has 0 saturated heterocycles. The summed E-state index contributed by atoms with van der Waals surface area (Å²) >= 11 is 4.56. The van der Waals surface area contributed by atoms with Crippen LogP contribution in [0.4, 0.5) is 0 Å². The highest BCUT2D eigenvalue weighted by Crippen LogP contribution is 1.67. The SMILES string of the molecule is CCN/C=C/C(N)=S. The van der Waals surface area contributed by atoms with Crippen LogP contribution in [-0.2, 0) is 0 Å². The molecule has 0 aliphatic carbocycles. The molecule has 0 aromatic rings. The van der Waals surface area contributed by atoms with Crippen LogP contribution >= 0.6 is 12.2 Å². The van der Waals surface area contributed by atoms with Crippen molar-refractivity contribution >= 4 is 17.2 Å². The Hall–Kier alpha value is -0.570. The number of hydrogen-bond acceptors (Lipinski definition) is 2. The summed E-state index contributed by atoms with van der Waals surface area (Å²) < 4.78 is 0. The molecule has 0 aliphatic rings. The van der Waals surface area contributed by atoms with Gasteiger partial charge in [-0.25, -0.2) is 0 Å². The van der Waals surface area contributed by atoms with E-state index in [9.17, 15) is 0 Å². The molecule has 2 nitrogen and oxygen atoms in total. The molecule has 0 bridgehead atoms. The molecule has 0 aromatic carbocycles. The van der Waals surface area contributed by atoms with Crippen molar-refractivity contribution in [2.75, 3.05) is 6.54 Å². The minimum Gasteiger partial charge on any atom is -0.391 e. The zero-order valence-corrected chi connectivity index (χ0v) is 5.66. The van der Waals surface area contributed by atoms with Crippen LogP contribution in [0, 0.1) is 0 Å². The minimum atomic E-state index is 0.408. The fraction of sp³-hybridized carbons (Fsp3) is 0.400. The first-order chi connectivity index (χ1) is 3.77. The predicted octanol–water partition coefficient (Wildman–Crippen LogP) is 0.396. The van der Waals surface area contributed by atoms with Crippen LogP contribution in [0.5, 0.6) is 0 Å². The van der Waals surface area contributed by atoms with Gasteiger partial charge in [0.25, 0.3) is 0 Å². The van der Waals surface area contributed by atoms with Gasteiger partial charge in [0.05, 0.1) is 4.99 Å². The second-order valence-electron chi connectivity index (χ2n) is 1.29. The Labute approximate surface area is 54.8 Å². The van der Waals surface area contributed by atoms with Gasteiger partial charge in [-0.2, -0.15) is 0 Å². The van der Waals surface area contributed by atoms with Gasteiger partial charge < -0.3 is 11.1 Å². The molecule has 8 heavy (non-hydrogen) atoms. The van der Waals surface area contributed by atoms with Gasteiger partial charge in [-0.1, -0.05) is 12.2 Å². The van der Waals surface area contributed by atoms with E-state index in [1.54, 1.807) is 12.3 Å². The van der Waals surface area contributed by atoms with Crippen molar-refractivity contribution < 1.29 is 0 Å². The second-order valence-corrected chi connectivity index (χ2v) is 1.76. The van der Waals surface area contributed by atoms with E-state index < -0.39 is 0 Å². The van der Waals surface area contributed by atoms with Crippen molar-refractivity contribution in [2.45, 2.75) is 6.92 Å². The maximum atomic E-state index is 5.14. The van der Waals surface area contributed by atoms with Crippen LogP contribution in [0.25, 0.3) is 0 Å². The van der Waals surface area contributed by atoms with Gasteiger partial charge in [0.15, 0.2) is 0 Å². The highest BCUT2D eigenvalue weighted by molar-refractivity contribution is 7.80. The van der Waals surface area contributed by atoms with Gasteiger partial charge >= 0.3 is 0 Å². The molecule has 0 aliphatic heterocycles. The van der Waals surface area contributed by atoms with Gasteiger partial charge in [0.2, 0.25) is 0 Å². The molecule has 46 valence electrons. The third kappa shape index (κ3) is 5.43. The fourth-order valence-electron chi connectivity index (χ4n) is 0.259. The minimum absolute atomic E-state index is 0.408. The van der Waals surface area contributed by atoms with E-state index in [0.717, 1.165) is 6.54 Å². The second kappa shape index (κ2) is 4.59. The molecular weight excluding hydrogens is 120 g/mol. The zero-order valence-electron chi connectivity index (χ0n) is 4.85. The van der Waals surface area contributed by atoms with E-state index in [1.807, 2.05) is 6.92 Å². The average molecular weight is 130 g/mol. The molecule has 0 fully saturated rings. The number of rotatable bonds is 3. The molecule has 0 amide bonds. The first kappa shape index (κ1) is 7.43. The summed E-state index contributed by atoms with van der Waals surface area (Å²) in [5.74, 6) is 0. The first-order valence-electron chi connectivity index (χ1n) is 2.46. The molecule has 0 rings (SSSR count). The Bertz CT molecular complexity index is 98.6. The smallest absolute Gasteiger partial charge is 0.0976 e. The van der Waals surface area contributed by atoms with Gasteiger partial charge in [-0.15, -0.1) is 0 Å². The highest BCUT2D eigenvalue weighted by Gasteiger charge is 1.72. The molecule has 0 atom stereocenters. The van der Waals surface area contributed by atoms with Crippen LogP contribution < -0.4 is 11.1 Å². The molecule has 3 heteroatoms. The third-order valence-electron chi connectivity index (χ3n) is 0.570. The lowest BCUT2D eigenvalue weighted by Gasteiger charge is -1.88. The van der Waals surface area contributed by atoms with E-state index in [0.29, 0.717) is 4.99 Å². The Kier molecular flexibility index (Phi) is 4.26. The van der Waals surface area contributed by atoms with Gasteiger partial charge in [-0.05, 0) is 19.2 Å². The third-order valence-corrected chi connectivity index (χ3v) is 0.706. The summed E-state index contributed by atoms with van der Waals surface area (Å²) in [6.07, 6.45) is 3.39. The zero-order chi connectivity index (χ0) is 6.41. The molecule has 0 aromatic heterocycles. The largest absolute Gasteiger partial charge is 0.391 e. The molecule has 3 N–H and O–H groups in total. The molecule has 0 radical (unpaired) electrons. The molecular formula is C5H10N2S. The van der Waals surface area contributed by atoms with Crippen LogP contribution in [0.1, 0.15) is 6.92 Å². The van der Waals surface area contributed by atoms with Crippen molar-refractivity contribution in [1.29, 1.82) is 0 Å². The summed E-state index contributed by atoms with van der Waals surface area (Å²) in [7, 11) is 0. The summed E-state index contributed by atoms with van der Waals surface area (Å²) in [4.78, 5) is 0.408. The molecule has 0 spiro atoms. The predicted molar refractivity (Wildman–Crippen MR) is 39.6 cm³/mol. The van der Waals surface area contributed by atoms with Crippen molar-refractivity contribution in [3.8, 4) is 0 Å². The Morgan fingerprint density at radius 1 is 1.88 bits per heavy atom. The quantitative estimate of drug-likeness (QED) is 0.429. The monoisotopic (exact) mass is 130 g/mol. The topological polar surface area (TPSA) is 38.0 Å². The molecule has 0 unspecified atom stereocenters. The summed E-state index contributed by atoms with van der Waals surface area (Å²) in [5.41, 5.74) is 5.14. The number of thiocarbonyl (C=S) groups is 1. The standard InChI is InChI=1S/C5H10N2S/c1-2-7-4-3-5(6)8/h3-4,7H,2H2,1H3,(H2,6,8)/b4-3+. The lowest BCUT2D eigenvalue weighted by molar-refractivity contribution is 0.920. The van der Waals surface area contributed by atoms with Crippen LogP contribution in [-0.4, -0.2) is 11.5 Å². The maximum absolute atomic E-state index is 5.14. The van der Waals surface area contributed by atoms with Crippen molar-refractivity contribution in [2.24, 2.45) is 5.73 Å². The van der Waals surface area contributed by atoms with Crippen LogP contribution in [0.15, 0.2) is 12.3 Å². The summed E-state index contributed by atoms with van der Waals surface area (Å²) in [5, 5.41) is 2.93. The van der Waals surface area contributed by atoms with Crippen molar-refractivity contribution in [1.82, 2.24) is 5.32 Å². The Morgan fingerprint density at radius 2 is 2.50 bits per heavy atom.